The molecule has 1 amide bonds. The first kappa shape index (κ1) is 22.1. The van der Waals surface area contributed by atoms with E-state index in [1.165, 1.54) is 18.2 Å². The molecule has 30 heavy (non-hydrogen) atoms. The fourth-order valence-corrected chi connectivity index (χ4v) is 3.21. The summed E-state index contributed by atoms with van der Waals surface area (Å²) in [5, 5.41) is 0. The Hall–Kier alpha value is -2.64. The number of ether oxygens (including phenoxy) is 1. The maximum absolute atomic E-state index is 12.8. The molecule has 160 valence electrons. The van der Waals surface area contributed by atoms with Gasteiger partial charge in [0.25, 0.3) is 0 Å². The number of hydrogen-bond donors (Lipinski definition) is 0. The van der Waals surface area contributed by atoms with Gasteiger partial charge >= 0.3 is 6.18 Å². The number of alkyl halides is 3. The molecule has 1 fully saturated rings. The van der Waals surface area contributed by atoms with E-state index < -0.39 is 11.7 Å². The van der Waals surface area contributed by atoms with Crippen LogP contribution in [0.1, 0.15) is 16.7 Å². The van der Waals surface area contributed by atoms with E-state index in [1.807, 2.05) is 30.3 Å². The molecular formula is C23H25F3N2O2. The molecule has 0 bridgehead atoms. The van der Waals surface area contributed by atoms with Crippen LogP contribution in [0.5, 0.6) is 0 Å². The van der Waals surface area contributed by atoms with Gasteiger partial charge in [-0.15, -0.1) is 0 Å². The highest BCUT2D eigenvalue weighted by Crippen LogP contribution is 2.29. The third-order valence-electron chi connectivity index (χ3n) is 4.97. The summed E-state index contributed by atoms with van der Waals surface area (Å²) < 4.78 is 43.8. The van der Waals surface area contributed by atoms with E-state index in [0.29, 0.717) is 31.9 Å². The summed E-state index contributed by atoms with van der Waals surface area (Å²) in [5.41, 5.74) is 0.876. The number of benzene rings is 2. The first-order valence-electron chi connectivity index (χ1n) is 9.90. The number of amides is 1. The average Bonchev–Trinajstić information content (AvgIpc) is 2.76. The van der Waals surface area contributed by atoms with Gasteiger partial charge in [-0.1, -0.05) is 42.5 Å². The van der Waals surface area contributed by atoms with Gasteiger partial charge in [-0.05, 0) is 29.3 Å². The normalized spacial score (nSPS) is 15.4. The SMILES string of the molecule is O=C(/C=C/c1ccccc1)N(CCN1CCOCC1)Cc1ccc(C(F)(F)F)cc1. The molecule has 0 saturated carbocycles. The highest BCUT2D eigenvalue weighted by molar-refractivity contribution is 5.91. The van der Waals surface area contributed by atoms with Crippen molar-refractivity contribution in [1.82, 2.24) is 9.80 Å². The van der Waals surface area contributed by atoms with Crippen molar-refractivity contribution in [1.29, 1.82) is 0 Å². The van der Waals surface area contributed by atoms with Gasteiger partial charge in [0.15, 0.2) is 0 Å². The van der Waals surface area contributed by atoms with Crippen LogP contribution in [-0.2, 0) is 22.3 Å². The van der Waals surface area contributed by atoms with E-state index in [0.717, 1.165) is 30.8 Å². The van der Waals surface area contributed by atoms with Crippen LogP contribution in [0.2, 0.25) is 0 Å². The van der Waals surface area contributed by atoms with Crippen molar-refractivity contribution in [2.24, 2.45) is 0 Å². The van der Waals surface area contributed by atoms with Crippen LogP contribution in [0.4, 0.5) is 13.2 Å². The molecule has 0 atom stereocenters. The number of carbonyl (C=O) groups is 1. The molecule has 7 heteroatoms. The molecular weight excluding hydrogens is 393 g/mol. The lowest BCUT2D eigenvalue weighted by atomic mass is 10.1. The van der Waals surface area contributed by atoms with Crippen molar-refractivity contribution in [2.75, 3.05) is 39.4 Å². The van der Waals surface area contributed by atoms with Crippen molar-refractivity contribution in [2.45, 2.75) is 12.7 Å². The van der Waals surface area contributed by atoms with Crippen LogP contribution in [0.3, 0.4) is 0 Å². The number of hydrogen-bond acceptors (Lipinski definition) is 3. The van der Waals surface area contributed by atoms with Crippen LogP contribution in [-0.4, -0.2) is 55.1 Å². The van der Waals surface area contributed by atoms with E-state index in [2.05, 4.69) is 4.90 Å². The van der Waals surface area contributed by atoms with Crippen molar-refractivity contribution >= 4 is 12.0 Å². The molecule has 1 saturated heterocycles. The lowest BCUT2D eigenvalue weighted by molar-refractivity contribution is -0.137. The third kappa shape index (κ3) is 6.71. The molecule has 1 heterocycles. The zero-order chi connectivity index (χ0) is 21.4. The molecule has 2 aromatic carbocycles. The van der Waals surface area contributed by atoms with Crippen LogP contribution >= 0.6 is 0 Å². The largest absolute Gasteiger partial charge is 0.416 e. The second-order valence-corrected chi connectivity index (χ2v) is 7.15. The number of carbonyl (C=O) groups excluding carboxylic acids is 1. The molecule has 0 N–H and O–H groups in total. The molecule has 4 nitrogen and oxygen atoms in total. The summed E-state index contributed by atoms with van der Waals surface area (Å²) >= 11 is 0. The highest BCUT2D eigenvalue weighted by Gasteiger charge is 2.30. The Bertz CT molecular complexity index is 830. The Labute approximate surface area is 174 Å². The molecule has 2 aromatic rings. The summed E-state index contributed by atoms with van der Waals surface area (Å²) in [5.74, 6) is -0.174. The third-order valence-corrected chi connectivity index (χ3v) is 4.97. The van der Waals surface area contributed by atoms with Gasteiger partial charge in [0.1, 0.15) is 0 Å². The number of rotatable bonds is 7. The Morgan fingerprint density at radius 2 is 1.70 bits per heavy atom. The quantitative estimate of drug-likeness (QED) is 0.636. The average molecular weight is 418 g/mol. The van der Waals surface area contributed by atoms with Gasteiger partial charge < -0.3 is 9.64 Å². The standard InChI is InChI=1S/C23H25F3N2O2/c24-23(25,26)21-9-6-20(7-10-21)18-28(13-12-27-14-16-30-17-15-27)22(29)11-8-19-4-2-1-3-5-19/h1-11H,12-18H2/b11-8+. The van der Waals surface area contributed by atoms with Crippen molar-refractivity contribution in [3.8, 4) is 0 Å². The van der Waals surface area contributed by atoms with Crippen molar-refractivity contribution in [3.63, 3.8) is 0 Å². The van der Waals surface area contributed by atoms with Crippen LogP contribution < -0.4 is 0 Å². The maximum Gasteiger partial charge on any atom is 0.416 e. The first-order chi connectivity index (χ1) is 14.4. The van der Waals surface area contributed by atoms with E-state index in [-0.39, 0.29) is 12.5 Å². The fraction of sp³-hybridized carbons (Fsp3) is 0.348. The van der Waals surface area contributed by atoms with Crippen LogP contribution in [0.15, 0.2) is 60.7 Å². The Balaban J connectivity index is 1.69. The zero-order valence-corrected chi connectivity index (χ0v) is 16.6. The predicted molar refractivity (Wildman–Crippen MR) is 110 cm³/mol. The molecule has 1 aliphatic rings. The molecule has 0 radical (unpaired) electrons. The summed E-state index contributed by atoms with van der Waals surface area (Å²) in [7, 11) is 0. The maximum atomic E-state index is 12.8. The smallest absolute Gasteiger partial charge is 0.379 e. The molecule has 1 aliphatic heterocycles. The van der Waals surface area contributed by atoms with Gasteiger partial charge in [0.2, 0.25) is 5.91 Å². The fourth-order valence-electron chi connectivity index (χ4n) is 3.21. The van der Waals surface area contributed by atoms with Gasteiger partial charge in [-0.25, -0.2) is 0 Å². The van der Waals surface area contributed by atoms with Gasteiger partial charge in [-0.3, -0.25) is 9.69 Å². The van der Waals surface area contributed by atoms with Gasteiger partial charge in [-0.2, -0.15) is 13.2 Å². The number of morpholine rings is 1. The molecule has 3 rings (SSSR count). The summed E-state index contributed by atoms with van der Waals surface area (Å²) in [4.78, 5) is 16.7. The molecule has 0 unspecified atom stereocenters. The lowest BCUT2D eigenvalue weighted by Crippen LogP contribution is -2.42. The topological polar surface area (TPSA) is 32.8 Å². The van der Waals surface area contributed by atoms with E-state index in [1.54, 1.807) is 11.0 Å². The minimum absolute atomic E-state index is 0.174. The second kappa shape index (κ2) is 10.4. The molecule has 0 aromatic heterocycles. The van der Waals surface area contributed by atoms with Gasteiger partial charge in [0, 0.05) is 38.8 Å². The zero-order valence-electron chi connectivity index (χ0n) is 16.6. The second-order valence-electron chi connectivity index (χ2n) is 7.15. The van der Waals surface area contributed by atoms with Crippen molar-refractivity contribution < 1.29 is 22.7 Å². The Kier molecular flexibility index (Phi) is 7.65. The number of halogens is 3. The van der Waals surface area contributed by atoms with Crippen LogP contribution in [0.25, 0.3) is 6.08 Å². The summed E-state index contributed by atoms with van der Waals surface area (Å²) in [6.45, 7) is 4.38. The first-order valence-corrected chi connectivity index (χ1v) is 9.90. The predicted octanol–water partition coefficient (Wildman–Crippen LogP) is 4.08. The van der Waals surface area contributed by atoms with Gasteiger partial charge in [0.05, 0.1) is 18.8 Å². The number of nitrogens with zero attached hydrogens (tertiary/aromatic N) is 2. The summed E-state index contributed by atoms with van der Waals surface area (Å²) in [6.07, 6.45) is -1.11. The Morgan fingerprint density at radius 3 is 2.33 bits per heavy atom. The van der Waals surface area contributed by atoms with Crippen molar-refractivity contribution in [3.05, 3.63) is 77.4 Å². The monoisotopic (exact) mass is 418 g/mol. The Morgan fingerprint density at radius 1 is 1.03 bits per heavy atom. The van der Waals surface area contributed by atoms with E-state index >= 15 is 0 Å². The molecule has 0 spiro atoms. The van der Waals surface area contributed by atoms with E-state index in [9.17, 15) is 18.0 Å². The minimum Gasteiger partial charge on any atom is -0.379 e. The minimum atomic E-state index is -4.37. The molecule has 0 aliphatic carbocycles. The van der Waals surface area contributed by atoms with E-state index in [4.69, 9.17) is 4.74 Å². The summed E-state index contributed by atoms with van der Waals surface area (Å²) in [6, 6.07) is 14.5. The van der Waals surface area contributed by atoms with Crippen LogP contribution in [0, 0.1) is 0 Å². The lowest BCUT2D eigenvalue weighted by Gasteiger charge is -2.30. The highest BCUT2D eigenvalue weighted by atomic mass is 19.4.